The second-order valence-corrected chi connectivity index (χ2v) is 5.66. The highest BCUT2D eigenvalue weighted by Crippen LogP contribution is 2.34. The number of nitrogens with one attached hydrogen (secondary N) is 2. The Morgan fingerprint density at radius 2 is 2.08 bits per heavy atom. The van der Waals surface area contributed by atoms with Crippen LogP contribution in [-0.2, 0) is 24.1 Å². The summed E-state index contributed by atoms with van der Waals surface area (Å²) in [5.74, 6) is 0.0358. The Labute approximate surface area is 147 Å². The van der Waals surface area contributed by atoms with E-state index in [1.165, 1.54) is 25.1 Å². The van der Waals surface area contributed by atoms with Gasteiger partial charge in [-0.25, -0.2) is 0 Å². The molecule has 0 radical (unpaired) electrons. The average Bonchev–Trinajstić information content (AvgIpc) is 2.92. The van der Waals surface area contributed by atoms with Crippen molar-refractivity contribution in [1.29, 1.82) is 0 Å². The number of allylic oxidation sites excluding steroid dienone is 1. The standard InChI is InChI=1S/C16H17F3N4OS/c1-3-23-13(21-22-15(23)25)9-20-14(24)8-10(2)11-6-4-5-7-12(11)16(17,18)19/h4-8H,3,9H2,1-2H3,(H,20,24)(H,22,25)/b10-8+. The lowest BCUT2D eigenvalue weighted by Gasteiger charge is -2.13. The zero-order valence-electron chi connectivity index (χ0n) is 13.6. The van der Waals surface area contributed by atoms with Crippen LogP contribution in [0.3, 0.4) is 0 Å². The summed E-state index contributed by atoms with van der Waals surface area (Å²) < 4.78 is 41.3. The summed E-state index contributed by atoms with van der Waals surface area (Å²) in [6.07, 6.45) is -3.34. The van der Waals surface area contributed by atoms with Gasteiger partial charge in [-0.2, -0.15) is 18.3 Å². The highest BCUT2D eigenvalue weighted by atomic mass is 32.1. The number of amides is 1. The summed E-state index contributed by atoms with van der Waals surface area (Å²) in [6, 6.07) is 5.14. The lowest BCUT2D eigenvalue weighted by atomic mass is 10.00. The molecule has 2 N–H and O–H groups in total. The van der Waals surface area contributed by atoms with Gasteiger partial charge in [0.1, 0.15) is 0 Å². The zero-order valence-corrected chi connectivity index (χ0v) is 14.5. The minimum absolute atomic E-state index is 0.0265. The molecule has 0 aliphatic rings. The van der Waals surface area contributed by atoms with Crippen molar-refractivity contribution >= 4 is 23.7 Å². The molecule has 1 heterocycles. The first-order valence-corrected chi connectivity index (χ1v) is 7.91. The number of H-pyrrole nitrogens is 1. The third-order valence-corrected chi connectivity index (χ3v) is 3.89. The summed E-state index contributed by atoms with van der Waals surface area (Å²) in [5.41, 5.74) is -0.579. The highest BCUT2D eigenvalue weighted by Gasteiger charge is 2.33. The number of hydrogen-bond donors (Lipinski definition) is 2. The minimum atomic E-state index is -4.48. The quantitative estimate of drug-likeness (QED) is 0.623. The van der Waals surface area contributed by atoms with Gasteiger partial charge < -0.3 is 9.88 Å². The second kappa shape index (κ2) is 7.64. The van der Waals surface area contributed by atoms with Crippen molar-refractivity contribution < 1.29 is 18.0 Å². The number of carbonyl (C=O) groups is 1. The van der Waals surface area contributed by atoms with Gasteiger partial charge in [0.2, 0.25) is 5.91 Å². The minimum Gasteiger partial charge on any atom is -0.345 e. The predicted molar refractivity (Wildman–Crippen MR) is 90.0 cm³/mol. The molecule has 0 saturated carbocycles. The van der Waals surface area contributed by atoms with E-state index in [1.54, 1.807) is 4.57 Å². The van der Waals surface area contributed by atoms with Crippen molar-refractivity contribution in [1.82, 2.24) is 20.1 Å². The van der Waals surface area contributed by atoms with Crippen LogP contribution < -0.4 is 5.32 Å². The van der Waals surface area contributed by atoms with E-state index in [0.717, 1.165) is 12.1 Å². The van der Waals surface area contributed by atoms with Crippen molar-refractivity contribution in [2.45, 2.75) is 33.1 Å². The molecule has 9 heteroatoms. The van der Waals surface area contributed by atoms with Crippen LogP contribution in [0.25, 0.3) is 5.57 Å². The molecule has 0 saturated heterocycles. The maximum absolute atomic E-state index is 13.0. The van der Waals surface area contributed by atoms with Gasteiger partial charge in [0.05, 0.1) is 12.1 Å². The third kappa shape index (κ3) is 4.56. The van der Waals surface area contributed by atoms with Crippen LogP contribution in [0.1, 0.15) is 30.8 Å². The first-order chi connectivity index (χ1) is 11.7. The highest BCUT2D eigenvalue weighted by molar-refractivity contribution is 7.71. The van der Waals surface area contributed by atoms with Gasteiger partial charge in [-0.3, -0.25) is 9.89 Å². The predicted octanol–water partition coefficient (Wildman–Crippen LogP) is 3.70. The van der Waals surface area contributed by atoms with Gasteiger partial charge >= 0.3 is 6.18 Å². The number of carbonyl (C=O) groups excluding carboxylic acids is 1. The Kier molecular flexibility index (Phi) is 5.78. The van der Waals surface area contributed by atoms with Crippen molar-refractivity contribution in [3.8, 4) is 0 Å². The fourth-order valence-corrected chi connectivity index (χ4v) is 2.66. The molecule has 0 atom stereocenters. The number of alkyl halides is 3. The van der Waals surface area contributed by atoms with Crippen LogP contribution >= 0.6 is 12.2 Å². The molecule has 2 aromatic rings. The monoisotopic (exact) mass is 370 g/mol. The van der Waals surface area contributed by atoms with E-state index in [2.05, 4.69) is 15.5 Å². The van der Waals surface area contributed by atoms with Crippen LogP contribution in [0.5, 0.6) is 0 Å². The molecule has 0 spiro atoms. The third-order valence-electron chi connectivity index (χ3n) is 3.58. The molecule has 0 aliphatic carbocycles. The number of nitrogens with zero attached hydrogens (tertiary/aromatic N) is 2. The van der Waals surface area contributed by atoms with Gasteiger partial charge in [-0.1, -0.05) is 18.2 Å². The maximum Gasteiger partial charge on any atom is 0.416 e. The van der Waals surface area contributed by atoms with Crippen molar-refractivity contribution in [2.24, 2.45) is 0 Å². The van der Waals surface area contributed by atoms with Crippen LogP contribution in [0.2, 0.25) is 0 Å². The van der Waals surface area contributed by atoms with Crippen LogP contribution in [0.15, 0.2) is 30.3 Å². The molecule has 134 valence electrons. The maximum atomic E-state index is 13.0. The molecule has 5 nitrogen and oxygen atoms in total. The zero-order chi connectivity index (χ0) is 18.6. The average molecular weight is 370 g/mol. The summed E-state index contributed by atoms with van der Waals surface area (Å²) >= 11 is 5.05. The lowest BCUT2D eigenvalue weighted by Crippen LogP contribution is -2.23. The van der Waals surface area contributed by atoms with E-state index in [1.807, 2.05) is 6.92 Å². The van der Waals surface area contributed by atoms with E-state index in [-0.39, 0.29) is 17.7 Å². The summed E-state index contributed by atoms with van der Waals surface area (Å²) in [7, 11) is 0. The Morgan fingerprint density at radius 3 is 2.72 bits per heavy atom. The van der Waals surface area contributed by atoms with Gasteiger partial charge in [-0.05, 0) is 43.3 Å². The fourth-order valence-electron chi connectivity index (χ4n) is 2.38. The molecule has 1 amide bonds. The normalized spacial score (nSPS) is 12.3. The van der Waals surface area contributed by atoms with Crippen LogP contribution in [0.4, 0.5) is 13.2 Å². The topological polar surface area (TPSA) is 62.7 Å². The van der Waals surface area contributed by atoms with E-state index >= 15 is 0 Å². The van der Waals surface area contributed by atoms with E-state index in [4.69, 9.17) is 12.2 Å². The molecule has 0 unspecified atom stereocenters. The van der Waals surface area contributed by atoms with Gasteiger partial charge in [-0.15, -0.1) is 0 Å². The second-order valence-electron chi connectivity index (χ2n) is 5.28. The number of aromatic nitrogens is 3. The summed E-state index contributed by atoms with van der Waals surface area (Å²) in [6.45, 7) is 4.06. The molecular formula is C16H17F3N4OS. The van der Waals surface area contributed by atoms with E-state index in [9.17, 15) is 18.0 Å². The molecule has 25 heavy (non-hydrogen) atoms. The largest absolute Gasteiger partial charge is 0.416 e. The van der Waals surface area contributed by atoms with Crippen LogP contribution in [0, 0.1) is 4.77 Å². The summed E-state index contributed by atoms with van der Waals surface area (Å²) in [4.78, 5) is 12.0. The molecule has 0 bridgehead atoms. The van der Waals surface area contributed by atoms with E-state index in [0.29, 0.717) is 17.1 Å². The Bertz CT molecular complexity index is 852. The first kappa shape index (κ1) is 18.9. The van der Waals surface area contributed by atoms with Crippen molar-refractivity contribution in [3.63, 3.8) is 0 Å². The summed E-state index contributed by atoms with van der Waals surface area (Å²) in [5, 5.41) is 9.23. The fraction of sp³-hybridized carbons (Fsp3) is 0.312. The SMILES string of the molecule is CCn1c(CNC(=O)/C=C(\C)c2ccccc2C(F)(F)F)n[nH]c1=S. The van der Waals surface area contributed by atoms with Gasteiger partial charge in [0, 0.05) is 12.6 Å². The van der Waals surface area contributed by atoms with Crippen molar-refractivity contribution in [3.05, 3.63) is 52.1 Å². The number of halogens is 3. The smallest absolute Gasteiger partial charge is 0.345 e. The Morgan fingerprint density at radius 1 is 1.40 bits per heavy atom. The number of aromatic amines is 1. The molecule has 0 fully saturated rings. The van der Waals surface area contributed by atoms with Gasteiger partial charge in [0.25, 0.3) is 0 Å². The molecule has 2 rings (SSSR count). The molecular weight excluding hydrogens is 353 g/mol. The number of rotatable bonds is 5. The molecule has 0 aliphatic heterocycles. The first-order valence-electron chi connectivity index (χ1n) is 7.50. The van der Waals surface area contributed by atoms with Crippen LogP contribution in [-0.4, -0.2) is 20.7 Å². The Hall–Kier alpha value is -2.42. The van der Waals surface area contributed by atoms with Crippen molar-refractivity contribution in [2.75, 3.05) is 0 Å². The van der Waals surface area contributed by atoms with Gasteiger partial charge in [0.15, 0.2) is 10.6 Å². The number of benzene rings is 1. The molecule has 1 aromatic heterocycles. The molecule has 1 aromatic carbocycles. The van der Waals surface area contributed by atoms with E-state index < -0.39 is 17.6 Å². The number of hydrogen-bond acceptors (Lipinski definition) is 3. The Balaban J connectivity index is 2.15. The lowest BCUT2D eigenvalue weighted by molar-refractivity contribution is -0.137.